The minimum Gasteiger partial charge on any atom is -0.493 e. The van der Waals surface area contributed by atoms with Crippen LogP contribution in [0.1, 0.15) is 19.8 Å². The van der Waals surface area contributed by atoms with Gasteiger partial charge in [0.05, 0.1) is 19.3 Å². The van der Waals surface area contributed by atoms with Crippen LogP contribution in [0.4, 0.5) is 17.5 Å². The Morgan fingerprint density at radius 2 is 2.18 bits per heavy atom. The van der Waals surface area contributed by atoms with Gasteiger partial charge in [-0.15, -0.1) is 0 Å². The number of nitrogens with one attached hydrogen (secondary N) is 1. The number of halogens is 1. The Balaban J connectivity index is 1.31. The van der Waals surface area contributed by atoms with Crippen LogP contribution in [-0.2, 0) is 4.79 Å². The van der Waals surface area contributed by atoms with Gasteiger partial charge in [0.25, 0.3) is 0 Å². The zero-order valence-corrected chi connectivity index (χ0v) is 16.8. The van der Waals surface area contributed by atoms with Crippen molar-refractivity contribution >= 4 is 35.0 Å². The molecule has 0 saturated heterocycles. The molecule has 0 unspecified atom stereocenters. The average molecular weight is 402 g/mol. The summed E-state index contributed by atoms with van der Waals surface area (Å²) in [5, 5.41) is 4.09. The summed E-state index contributed by atoms with van der Waals surface area (Å²) in [5.41, 5.74) is 0.771. The van der Waals surface area contributed by atoms with Crippen LogP contribution >= 0.6 is 11.6 Å². The molecule has 2 heterocycles. The summed E-state index contributed by atoms with van der Waals surface area (Å²) in [6.07, 6.45) is 3.76. The number of amides is 1. The van der Waals surface area contributed by atoms with Gasteiger partial charge in [-0.1, -0.05) is 17.7 Å². The van der Waals surface area contributed by atoms with Crippen molar-refractivity contribution in [3.63, 3.8) is 0 Å². The van der Waals surface area contributed by atoms with Gasteiger partial charge in [-0.3, -0.25) is 4.79 Å². The number of hydrogen-bond acceptors (Lipinski definition) is 6. The van der Waals surface area contributed by atoms with E-state index in [-0.39, 0.29) is 5.91 Å². The Morgan fingerprint density at radius 1 is 1.36 bits per heavy atom. The normalized spacial score (nSPS) is 21.2. The van der Waals surface area contributed by atoms with Gasteiger partial charge in [-0.25, -0.2) is 4.98 Å². The molecule has 1 saturated carbocycles. The van der Waals surface area contributed by atoms with E-state index in [2.05, 4.69) is 15.3 Å². The number of aromatic nitrogens is 2. The highest BCUT2D eigenvalue weighted by atomic mass is 35.5. The summed E-state index contributed by atoms with van der Waals surface area (Å²) in [6.45, 7) is 3.59. The fraction of sp³-hybridized carbons (Fsp3) is 0.450. The van der Waals surface area contributed by atoms with Gasteiger partial charge in [0.2, 0.25) is 11.9 Å². The highest BCUT2D eigenvalue weighted by Crippen LogP contribution is 2.33. The molecule has 1 aromatic carbocycles. The van der Waals surface area contributed by atoms with Crippen LogP contribution in [0.25, 0.3) is 0 Å². The number of likely N-dealkylation sites (N-methyl/N-ethyl adjacent to an activating group) is 2. The first-order chi connectivity index (χ1) is 13.5. The van der Waals surface area contributed by atoms with Gasteiger partial charge < -0.3 is 19.9 Å². The van der Waals surface area contributed by atoms with Crippen molar-refractivity contribution in [2.75, 3.05) is 41.9 Å². The van der Waals surface area contributed by atoms with E-state index in [0.29, 0.717) is 42.6 Å². The van der Waals surface area contributed by atoms with E-state index >= 15 is 0 Å². The maximum absolute atomic E-state index is 12.1. The first-order valence-corrected chi connectivity index (χ1v) is 9.94. The summed E-state index contributed by atoms with van der Waals surface area (Å²) in [6, 6.07) is 7.81. The predicted octanol–water partition coefficient (Wildman–Crippen LogP) is 3.20. The summed E-state index contributed by atoms with van der Waals surface area (Å²) < 4.78 is 5.82. The molecule has 0 spiro atoms. The first kappa shape index (κ1) is 18.8. The van der Waals surface area contributed by atoms with Gasteiger partial charge in [0, 0.05) is 24.7 Å². The number of nitrogens with zero attached hydrogens (tertiary/aromatic N) is 4. The Hall–Kier alpha value is -2.54. The quantitative estimate of drug-likeness (QED) is 0.801. The lowest BCUT2D eigenvalue weighted by Gasteiger charge is -2.36. The largest absolute Gasteiger partial charge is 0.493 e. The SMILES string of the molecule is CCN1C(=O)CN(C)c2nc(NC3CC(COc4cccc(Cl)c4)C3)ncc21. The lowest BCUT2D eigenvalue weighted by molar-refractivity contribution is -0.117. The zero-order valence-electron chi connectivity index (χ0n) is 16.1. The summed E-state index contributed by atoms with van der Waals surface area (Å²) in [5.74, 6) is 2.78. The number of fused-ring (bicyclic) bond motifs is 1. The number of ether oxygens (including phenoxy) is 1. The number of anilines is 3. The van der Waals surface area contributed by atoms with Crippen molar-refractivity contribution in [2.45, 2.75) is 25.8 Å². The molecule has 0 radical (unpaired) electrons. The van der Waals surface area contributed by atoms with E-state index in [1.54, 1.807) is 11.1 Å². The van der Waals surface area contributed by atoms with Gasteiger partial charge in [0.15, 0.2) is 5.82 Å². The molecule has 1 aliphatic carbocycles. The minimum atomic E-state index is 0.0725. The summed E-state index contributed by atoms with van der Waals surface area (Å²) in [4.78, 5) is 24.8. The molecule has 8 heteroatoms. The number of benzene rings is 1. The standard InChI is InChI=1S/C20H24ClN5O2/c1-3-26-17-10-22-20(24-19(17)25(2)11-18(26)27)23-15-7-13(8-15)12-28-16-6-4-5-14(21)9-16/h4-6,9-10,13,15H,3,7-8,11-12H2,1-2H3,(H,22,23,24). The fourth-order valence-corrected chi connectivity index (χ4v) is 3.87. The molecular weight excluding hydrogens is 378 g/mol. The highest BCUT2D eigenvalue weighted by molar-refractivity contribution is 6.30. The number of hydrogen-bond donors (Lipinski definition) is 1. The van der Waals surface area contributed by atoms with Crippen molar-refractivity contribution in [1.82, 2.24) is 9.97 Å². The molecule has 1 aliphatic heterocycles. The van der Waals surface area contributed by atoms with Gasteiger partial charge >= 0.3 is 0 Å². The fourth-order valence-electron chi connectivity index (χ4n) is 3.69. The number of rotatable bonds is 6. The third kappa shape index (κ3) is 3.85. The average Bonchev–Trinajstić information content (AvgIpc) is 2.64. The first-order valence-electron chi connectivity index (χ1n) is 9.57. The molecule has 2 aliphatic rings. The van der Waals surface area contributed by atoms with Crippen molar-refractivity contribution < 1.29 is 9.53 Å². The van der Waals surface area contributed by atoms with E-state index in [1.165, 1.54) is 0 Å². The van der Waals surface area contributed by atoms with Crippen LogP contribution in [0, 0.1) is 5.92 Å². The molecule has 28 heavy (non-hydrogen) atoms. The lowest BCUT2D eigenvalue weighted by atomic mass is 9.81. The Bertz CT molecular complexity index is 871. The zero-order chi connectivity index (χ0) is 19.7. The second-order valence-electron chi connectivity index (χ2n) is 7.34. The molecule has 1 aromatic heterocycles. The molecule has 0 bridgehead atoms. The van der Waals surface area contributed by atoms with Crippen molar-refractivity contribution in [3.8, 4) is 5.75 Å². The van der Waals surface area contributed by atoms with Crippen LogP contribution in [-0.4, -0.2) is 48.7 Å². The smallest absolute Gasteiger partial charge is 0.246 e. The molecule has 7 nitrogen and oxygen atoms in total. The second kappa shape index (κ2) is 7.83. The van der Waals surface area contributed by atoms with Crippen molar-refractivity contribution in [1.29, 1.82) is 0 Å². The van der Waals surface area contributed by atoms with Crippen LogP contribution in [0.3, 0.4) is 0 Å². The van der Waals surface area contributed by atoms with E-state index in [1.807, 2.05) is 43.1 Å². The molecule has 148 valence electrons. The van der Waals surface area contributed by atoms with Crippen LogP contribution in [0.5, 0.6) is 5.75 Å². The maximum atomic E-state index is 12.1. The Labute approximate surface area is 169 Å². The second-order valence-corrected chi connectivity index (χ2v) is 7.78. The molecular formula is C20H24ClN5O2. The summed E-state index contributed by atoms with van der Waals surface area (Å²) >= 11 is 5.98. The van der Waals surface area contributed by atoms with E-state index < -0.39 is 0 Å². The minimum absolute atomic E-state index is 0.0725. The van der Waals surface area contributed by atoms with Crippen LogP contribution in [0.2, 0.25) is 5.02 Å². The monoisotopic (exact) mass is 401 g/mol. The van der Waals surface area contributed by atoms with Crippen molar-refractivity contribution in [2.24, 2.45) is 5.92 Å². The Morgan fingerprint density at radius 3 is 2.93 bits per heavy atom. The summed E-state index contributed by atoms with van der Waals surface area (Å²) in [7, 11) is 1.88. The van der Waals surface area contributed by atoms with Gasteiger partial charge in [-0.05, 0) is 43.9 Å². The van der Waals surface area contributed by atoms with E-state index in [4.69, 9.17) is 16.3 Å². The van der Waals surface area contributed by atoms with Gasteiger partial charge in [0.1, 0.15) is 11.4 Å². The highest BCUT2D eigenvalue weighted by Gasteiger charge is 2.32. The molecule has 2 aromatic rings. The lowest BCUT2D eigenvalue weighted by Crippen LogP contribution is -2.45. The number of carbonyl (C=O) groups is 1. The third-order valence-electron chi connectivity index (χ3n) is 5.24. The van der Waals surface area contributed by atoms with E-state index in [0.717, 1.165) is 30.1 Å². The van der Waals surface area contributed by atoms with Crippen molar-refractivity contribution in [3.05, 3.63) is 35.5 Å². The third-order valence-corrected chi connectivity index (χ3v) is 5.48. The van der Waals surface area contributed by atoms with E-state index in [9.17, 15) is 4.79 Å². The van der Waals surface area contributed by atoms with Crippen LogP contribution < -0.4 is 19.9 Å². The maximum Gasteiger partial charge on any atom is 0.246 e. The molecule has 0 atom stereocenters. The van der Waals surface area contributed by atoms with Gasteiger partial charge in [-0.2, -0.15) is 4.98 Å². The van der Waals surface area contributed by atoms with Crippen LogP contribution in [0.15, 0.2) is 30.5 Å². The molecule has 1 amide bonds. The molecule has 4 rings (SSSR count). The molecule has 1 N–H and O–H groups in total. The Kier molecular flexibility index (Phi) is 5.26. The number of carbonyl (C=O) groups excluding carboxylic acids is 1. The predicted molar refractivity (Wildman–Crippen MR) is 110 cm³/mol. The topological polar surface area (TPSA) is 70.6 Å². The molecule has 1 fully saturated rings.